The average molecular weight is 303 g/mol. The molecule has 0 saturated heterocycles. The van der Waals surface area contributed by atoms with Gasteiger partial charge in [0, 0.05) is 24.3 Å². The maximum atomic E-state index is 10.4. The van der Waals surface area contributed by atoms with Crippen molar-refractivity contribution in [3.8, 4) is 17.2 Å². The van der Waals surface area contributed by atoms with Crippen LogP contribution >= 0.6 is 0 Å². The Kier molecular flexibility index (Phi) is 4.78. The van der Waals surface area contributed by atoms with Gasteiger partial charge in [-0.15, -0.1) is 0 Å². The summed E-state index contributed by atoms with van der Waals surface area (Å²) in [5.41, 5.74) is 1.32. The average Bonchev–Trinajstić information content (AvgIpc) is 2.44. The van der Waals surface area contributed by atoms with Crippen molar-refractivity contribution in [2.24, 2.45) is 0 Å². The number of rotatable bonds is 5. The van der Waals surface area contributed by atoms with Crippen molar-refractivity contribution in [3.05, 3.63) is 48.0 Å². The minimum Gasteiger partial charge on any atom is -0.508 e. The SMILES string of the molecule is CC(C)N(CC(O)c1cc(O)cc(O)c1)c1ccc(O)cc1. The Bertz CT molecular complexity index is 605. The Morgan fingerprint density at radius 2 is 1.41 bits per heavy atom. The van der Waals surface area contributed by atoms with Crippen LogP contribution in [0, 0.1) is 0 Å². The van der Waals surface area contributed by atoms with E-state index in [4.69, 9.17) is 0 Å². The van der Waals surface area contributed by atoms with Crippen LogP contribution in [0.2, 0.25) is 0 Å². The Morgan fingerprint density at radius 3 is 1.91 bits per heavy atom. The topological polar surface area (TPSA) is 84.2 Å². The molecule has 0 aliphatic carbocycles. The molecule has 2 rings (SSSR count). The summed E-state index contributed by atoms with van der Waals surface area (Å²) in [4.78, 5) is 1.98. The molecule has 4 N–H and O–H groups in total. The lowest BCUT2D eigenvalue weighted by Crippen LogP contribution is -2.34. The first-order valence-corrected chi connectivity index (χ1v) is 7.13. The molecule has 5 heteroatoms. The van der Waals surface area contributed by atoms with Gasteiger partial charge < -0.3 is 25.3 Å². The molecule has 1 unspecified atom stereocenters. The number of benzene rings is 2. The summed E-state index contributed by atoms with van der Waals surface area (Å²) in [6.07, 6.45) is -0.866. The van der Waals surface area contributed by atoms with Crippen LogP contribution in [0.4, 0.5) is 5.69 Å². The van der Waals surface area contributed by atoms with Crippen molar-refractivity contribution in [2.75, 3.05) is 11.4 Å². The number of phenols is 3. The van der Waals surface area contributed by atoms with E-state index in [9.17, 15) is 20.4 Å². The van der Waals surface area contributed by atoms with Gasteiger partial charge in [0.2, 0.25) is 0 Å². The fourth-order valence-corrected chi connectivity index (χ4v) is 2.36. The highest BCUT2D eigenvalue weighted by atomic mass is 16.3. The molecule has 0 saturated carbocycles. The Morgan fingerprint density at radius 1 is 0.864 bits per heavy atom. The van der Waals surface area contributed by atoms with E-state index >= 15 is 0 Å². The molecule has 22 heavy (non-hydrogen) atoms. The van der Waals surface area contributed by atoms with Crippen molar-refractivity contribution in [2.45, 2.75) is 26.0 Å². The second kappa shape index (κ2) is 6.58. The van der Waals surface area contributed by atoms with E-state index < -0.39 is 6.10 Å². The van der Waals surface area contributed by atoms with Crippen LogP contribution in [0.1, 0.15) is 25.5 Å². The van der Waals surface area contributed by atoms with Gasteiger partial charge in [0.1, 0.15) is 17.2 Å². The number of aromatic hydroxyl groups is 3. The van der Waals surface area contributed by atoms with Crippen molar-refractivity contribution in [1.82, 2.24) is 0 Å². The summed E-state index contributed by atoms with van der Waals surface area (Å²) in [7, 11) is 0. The zero-order valence-electron chi connectivity index (χ0n) is 12.6. The van der Waals surface area contributed by atoms with Crippen LogP contribution in [0.3, 0.4) is 0 Å². The molecule has 2 aromatic carbocycles. The second-order valence-electron chi connectivity index (χ2n) is 5.56. The van der Waals surface area contributed by atoms with Gasteiger partial charge in [0.15, 0.2) is 0 Å². The standard InChI is InChI=1S/C17H21NO4/c1-11(2)18(13-3-5-14(19)6-4-13)10-17(22)12-7-15(20)9-16(21)8-12/h3-9,11,17,19-22H,10H2,1-2H3. The lowest BCUT2D eigenvalue weighted by atomic mass is 10.1. The molecule has 118 valence electrons. The number of aliphatic hydroxyl groups is 1. The van der Waals surface area contributed by atoms with E-state index in [0.29, 0.717) is 12.1 Å². The maximum absolute atomic E-state index is 10.4. The highest BCUT2D eigenvalue weighted by Gasteiger charge is 2.18. The van der Waals surface area contributed by atoms with Gasteiger partial charge in [-0.3, -0.25) is 0 Å². The molecule has 1 atom stereocenters. The Balaban J connectivity index is 2.22. The molecule has 0 heterocycles. The Hall–Kier alpha value is -2.40. The first-order chi connectivity index (χ1) is 10.4. The molecule has 5 nitrogen and oxygen atoms in total. The van der Waals surface area contributed by atoms with Crippen LogP contribution in [0.5, 0.6) is 17.2 Å². The van der Waals surface area contributed by atoms with Crippen LogP contribution < -0.4 is 4.90 Å². The first-order valence-electron chi connectivity index (χ1n) is 7.13. The Labute approximate surface area is 129 Å². The second-order valence-corrected chi connectivity index (χ2v) is 5.56. The molecule has 0 fully saturated rings. The minimum absolute atomic E-state index is 0.0882. The number of hydrogen-bond donors (Lipinski definition) is 4. The van der Waals surface area contributed by atoms with Crippen LogP contribution in [-0.2, 0) is 0 Å². The molecule has 0 amide bonds. The van der Waals surface area contributed by atoms with Crippen LogP contribution in [-0.4, -0.2) is 33.0 Å². The summed E-state index contributed by atoms with van der Waals surface area (Å²) in [6.45, 7) is 4.30. The number of nitrogens with zero attached hydrogens (tertiary/aromatic N) is 1. The van der Waals surface area contributed by atoms with Crippen LogP contribution in [0.15, 0.2) is 42.5 Å². The highest BCUT2D eigenvalue weighted by molar-refractivity contribution is 5.50. The van der Waals surface area contributed by atoms with Crippen molar-refractivity contribution in [1.29, 1.82) is 0 Å². The van der Waals surface area contributed by atoms with Gasteiger partial charge in [-0.1, -0.05) is 0 Å². The zero-order chi connectivity index (χ0) is 16.3. The summed E-state index contributed by atoms with van der Waals surface area (Å²) < 4.78 is 0. The lowest BCUT2D eigenvalue weighted by Gasteiger charge is -2.31. The summed E-state index contributed by atoms with van der Waals surface area (Å²) in [6, 6.07) is 11.0. The number of hydrogen-bond acceptors (Lipinski definition) is 5. The molecule has 0 aliphatic rings. The predicted octanol–water partition coefficient (Wildman–Crippen LogP) is 2.75. The predicted molar refractivity (Wildman–Crippen MR) is 85.3 cm³/mol. The smallest absolute Gasteiger partial charge is 0.119 e. The third-order valence-electron chi connectivity index (χ3n) is 3.48. The van der Waals surface area contributed by atoms with Crippen molar-refractivity contribution in [3.63, 3.8) is 0 Å². The summed E-state index contributed by atoms with van der Waals surface area (Å²) in [5.74, 6) is 0.00969. The monoisotopic (exact) mass is 303 g/mol. The summed E-state index contributed by atoms with van der Waals surface area (Å²) in [5, 5.41) is 38.8. The van der Waals surface area contributed by atoms with Gasteiger partial charge in [-0.2, -0.15) is 0 Å². The van der Waals surface area contributed by atoms with Gasteiger partial charge in [-0.25, -0.2) is 0 Å². The highest BCUT2D eigenvalue weighted by Crippen LogP contribution is 2.28. The molecular formula is C17H21NO4. The third-order valence-corrected chi connectivity index (χ3v) is 3.48. The molecular weight excluding hydrogens is 282 g/mol. The molecule has 0 bridgehead atoms. The van der Waals surface area contributed by atoms with E-state index in [0.717, 1.165) is 5.69 Å². The van der Waals surface area contributed by atoms with E-state index in [2.05, 4.69) is 0 Å². The molecule has 0 aliphatic heterocycles. The third kappa shape index (κ3) is 3.83. The largest absolute Gasteiger partial charge is 0.508 e. The molecule has 0 radical (unpaired) electrons. The molecule has 0 spiro atoms. The van der Waals surface area contributed by atoms with Gasteiger partial charge in [0.05, 0.1) is 6.10 Å². The zero-order valence-corrected chi connectivity index (χ0v) is 12.6. The lowest BCUT2D eigenvalue weighted by molar-refractivity contribution is 0.180. The van der Waals surface area contributed by atoms with E-state index in [-0.39, 0.29) is 23.3 Å². The van der Waals surface area contributed by atoms with E-state index in [1.54, 1.807) is 24.3 Å². The molecule has 2 aromatic rings. The minimum atomic E-state index is -0.866. The molecule has 0 aromatic heterocycles. The fraction of sp³-hybridized carbons (Fsp3) is 0.294. The van der Waals surface area contributed by atoms with E-state index in [1.165, 1.54) is 18.2 Å². The summed E-state index contributed by atoms with van der Waals surface area (Å²) >= 11 is 0. The van der Waals surface area contributed by atoms with Crippen molar-refractivity contribution < 1.29 is 20.4 Å². The van der Waals surface area contributed by atoms with Crippen LogP contribution in [0.25, 0.3) is 0 Å². The van der Waals surface area contributed by atoms with Gasteiger partial charge in [-0.05, 0) is 55.8 Å². The normalized spacial score (nSPS) is 12.4. The van der Waals surface area contributed by atoms with Gasteiger partial charge in [0.25, 0.3) is 0 Å². The fourth-order valence-electron chi connectivity index (χ4n) is 2.36. The number of anilines is 1. The number of phenolic OH excluding ortho intramolecular Hbond substituents is 3. The van der Waals surface area contributed by atoms with E-state index in [1.807, 2.05) is 18.7 Å². The van der Waals surface area contributed by atoms with Gasteiger partial charge >= 0.3 is 0 Å². The maximum Gasteiger partial charge on any atom is 0.119 e. The first kappa shape index (κ1) is 16.0. The quantitative estimate of drug-likeness (QED) is 0.682. The van der Waals surface area contributed by atoms with Crippen molar-refractivity contribution >= 4 is 5.69 Å². The number of aliphatic hydroxyl groups excluding tert-OH is 1.